The minimum Gasteiger partial charge on any atom is -0.491 e. The molecule has 0 radical (unpaired) electrons. The molecule has 3 heteroatoms. The van der Waals surface area contributed by atoms with Crippen LogP contribution in [-0.4, -0.2) is 19.3 Å². The molecule has 0 aromatic heterocycles. The van der Waals surface area contributed by atoms with Gasteiger partial charge in [-0.05, 0) is 31.4 Å². The normalized spacial score (nSPS) is 18.7. The predicted octanol–water partition coefficient (Wildman–Crippen LogP) is 4.10. The van der Waals surface area contributed by atoms with Crippen LogP contribution >= 0.6 is 0 Å². The number of para-hydroxylation sites is 1. The predicted molar refractivity (Wildman–Crippen MR) is 92.6 cm³/mol. The zero-order valence-corrected chi connectivity index (χ0v) is 13.7. The third kappa shape index (κ3) is 4.57. The molecular weight excluding hydrogens is 286 g/mol. The Hall–Kier alpha value is -1.84. The summed E-state index contributed by atoms with van der Waals surface area (Å²) in [7, 11) is 0. The highest BCUT2D eigenvalue weighted by atomic mass is 16.5. The standard InChI is InChI=1S/C20H25NO2/c1-16(21-14-17-8-3-2-4-9-17)19-11-5-6-12-20(19)23-15-18-10-7-13-22-18/h2-6,8-9,11-12,16,18,21H,7,10,13-15H2,1H3. The maximum atomic E-state index is 6.03. The van der Waals surface area contributed by atoms with Gasteiger partial charge < -0.3 is 14.8 Å². The van der Waals surface area contributed by atoms with E-state index >= 15 is 0 Å². The van der Waals surface area contributed by atoms with E-state index in [9.17, 15) is 0 Å². The highest BCUT2D eigenvalue weighted by Crippen LogP contribution is 2.26. The van der Waals surface area contributed by atoms with Crippen LogP contribution < -0.4 is 10.1 Å². The number of hydrogen-bond donors (Lipinski definition) is 1. The first-order valence-electron chi connectivity index (χ1n) is 8.43. The van der Waals surface area contributed by atoms with Gasteiger partial charge in [0.2, 0.25) is 0 Å². The van der Waals surface area contributed by atoms with E-state index in [4.69, 9.17) is 9.47 Å². The maximum Gasteiger partial charge on any atom is 0.124 e. The van der Waals surface area contributed by atoms with Gasteiger partial charge in [-0.25, -0.2) is 0 Å². The van der Waals surface area contributed by atoms with Crippen molar-refractivity contribution in [3.05, 3.63) is 65.7 Å². The van der Waals surface area contributed by atoms with Crippen LogP contribution in [0.3, 0.4) is 0 Å². The number of hydrogen-bond acceptors (Lipinski definition) is 3. The molecule has 1 N–H and O–H groups in total. The van der Waals surface area contributed by atoms with Gasteiger partial charge in [0.05, 0.1) is 6.10 Å². The maximum absolute atomic E-state index is 6.03. The Morgan fingerprint density at radius 2 is 1.91 bits per heavy atom. The number of benzene rings is 2. The van der Waals surface area contributed by atoms with Crippen molar-refractivity contribution in [2.45, 2.75) is 38.5 Å². The molecule has 0 amide bonds. The monoisotopic (exact) mass is 311 g/mol. The fraction of sp³-hybridized carbons (Fsp3) is 0.400. The fourth-order valence-corrected chi connectivity index (χ4v) is 2.90. The number of nitrogens with one attached hydrogen (secondary N) is 1. The average molecular weight is 311 g/mol. The molecule has 3 nitrogen and oxygen atoms in total. The van der Waals surface area contributed by atoms with Gasteiger partial charge in [-0.2, -0.15) is 0 Å². The Balaban J connectivity index is 1.59. The molecule has 23 heavy (non-hydrogen) atoms. The van der Waals surface area contributed by atoms with Crippen LogP contribution in [0.25, 0.3) is 0 Å². The minimum atomic E-state index is 0.232. The lowest BCUT2D eigenvalue weighted by Crippen LogP contribution is -2.21. The molecule has 2 aromatic carbocycles. The SMILES string of the molecule is CC(NCc1ccccc1)c1ccccc1OCC1CCCO1. The zero-order valence-electron chi connectivity index (χ0n) is 13.7. The molecule has 1 saturated heterocycles. The molecule has 1 aliphatic heterocycles. The summed E-state index contributed by atoms with van der Waals surface area (Å²) in [6.07, 6.45) is 2.49. The van der Waals surface area contributed by atoms with E-state index in [2.05, 4.69) is 48.6 Å². The topological polar surface area (TPSA) is 30.5 Å². The first-order chi connectivity index (χ1) is 11.3. The van der Waals surface area contributed by atoms with Crippen LogP contribution in [0, 0.1) is 0 Å². The van der Waals surface area contributed by atoms with Gasteiger partial charge in [-0.3, -0.25) is 0 Å². The van der Waals surface area contributed by atoms with Gasteiger partial charge >= 0.3 is 0 Å². The van der Waals surface area contributed by atoms with Gasteiger partial charge in [0.15, 0.2) is 0 Å². The van der Waals surface area contributed by atoms with Crippen molar-refractivity contribution < 1.29 is 9.47 Å². The van der Waals surface area contributed by atoms with E-state index in [0.717, 1.165) is 31.7 Å². The Labute approximate surface area is 138 Å². The Morgan fingerprint density at radius 3 is 2.70 bits per heavy atom. The summed E-state index contributed by atoms with van der Waals surface area (Å²) in [6, 6.07) is 19.0. The highest BCUT2D eigenvalue weighted by molar-refractivity contribution is 5.35. The Morgan fingerprint density at radius 1 is 1.13 bits per heavy atom. The minimum absolute atomic E-state index is 0.232. The summed E-state index contributed by atoms with van der Waals surface area (Å²) in [5.74, 6) is 0.955. The molecule has 0 spiro atoms. The molecule has 1 aliphatic rings. The Kier molecular flexibility index (Phi) is 5.67. The summed E-state index contributed by atoms with van der Waals surface area (Å²) in [6.45, 7) is 4.53. The van der Waals surface area contributed by atoms with E-state index < -0.39 is 0 Å². The van der Waals surface area contributed by atoms with Crippen LogP contribution in [0.4, 0.5) is 0 Å². The smallest absolute Gasteiger partial charge is 0.124 e. The van der Waals surface area contributed by atoms with Crippen LogP contribution in [-0.2, 0) is 11.3 Å². The Bertz CT molecular complexity index is 594. The molecule has 1 fully saturated rings. The molecule has 0 aliphatic carbocycles. The van der Waals surface area contributed by atoms with E-state index in [1.54, 1.807) is 0 Å². The first kappa shape index (κ1) is 16.0. The summed E-state index contributed by atoms with van der Waals surface area (Å²) < 4.78 is 11.7. The average Bonchev–Trinajstić information content (AvgIpc) is 3.12. The molecule has 2 aromatic rings. The molecule has 0 bridgehead atoms. The van der Waals surface area contributed by atoms with Crippen molar-refractivity contribution in [1.82, 2.24) is 5.32 Å². The molecule has 1 heterocycles. The molecule has 0 saturated carbocycles. The zero-order chi connectivity index (χ0) is 15.9. The number of ether oxygens (including phenoxy) is 2. The van der Waals surface area contributed by atoms with E-state index in [1.807, 2.05) is 18.2 Å². The van der Waals surface area contributed by atoms with Crippen molar-refractivity contribution >= 4 is 0 Å². The fourth-order valence-electron chi connectivity index (χ4n) is 2.90. The second-order valence-corrected chi connectivity index (χ2v) is 6.07. The van der Waals surface area contributed by atoms with Gasteiger partial charge in [0.25, 0.3) is 0 Å². The second kappa shape index (κ2) is 8.14. The lowest BCUT2D eigenvalue weighted by atomic mass is 10.1. The van der Waals surface area contributed by atoms with Crippen LogP contribution in [0.2, 0.25) is 0 Å². The van der Waals surface area contributed by atoms with E-state index in [0.29, 0.717) is 6.61 Å². The van der Waals surface area contributed by atoms with Gasteiger partial charge in [-0.15, -0.1) is 0 Å². The molecule has 3 rings (SSSR count). The lowest BCUT2D eigenvalue weighted by molar-refractivity contribution is 0.0674. The highest BCUT2D eigenvalue weighted by Gasteiger charge is 2.17. The van der Waals surface area contributed by atoms with Crippen LogP contribution in [0.5, 0.6) is 5.75 Å². The summed E-state index contributed by atoms with van der Waals surface area (Å²) in [5.41, 5.74) is 2.48. The van der Waals surface area contributed by atoms with Crippen molar-refractivity contribution in [2.24, 2.45) is 0 Å². The quantitative estimate of drug-likeness (QED) is 0.835. The van der Waals surface area contributed by atoms with Gasteiger partial charge in [-0.1, -0.05) is 48.5 Å². The first-order valence-corrected chi connectivity index (χ1v) is 8.43. The molecule has 2 atom stereocenters. The van der Waals surface area contributed by atoms with Crippen molar-refractivity contribution in [1.29, 1.82) is 0 Å². The molecule has 2 unspecified atom stereocenters. The van der Waals surface area contributed by atoms with Crippen LogP contribution in [0.1, 0.15) is 36.9 Å². The summed E-state index contributed by atoms with van der Waals surface area (Å²) >= 11 is 0. The summed E-state index contributed by atoms with van der Waals surface area (Å²) in [5, 5.41) is 3.57. The van der Waals surface area contributed by atoms with E-state index in [-0.39, 0.29) is 12.1 Å². The van der Waals surface area contributed by atoms with Crippen LogP contribution in [0.15, 0.2) is 54.6 Å². The van der Waals surface area contributed by atoms with Crippen molar-refractivity contribution in [3.8, 4) is 5.75 Å². The van der Waals surface area contributed by atoms with Crippen molar-refractivity contribution in [2.75, 3.05) is 13.2 Å². The molecule has 122 valence electrons. The third-order valence-corrected chi connectivity index (χ3v) is 4.29. The van der Waals surface area contributed by atoms with Gasteiger partial charge in [0.1, 0.15) is 12.4 Å². The van der Waals surface area contributed by atoms with Crippen molar-refractivity contribution in [3.63, 3.8) is 0 Å². The number of rotatable bonds is 7. The third-order valence-electron chi connectivity index (χ3n) is 4.29. The lowest BCUT2D eigenvalue weighted by Gasteiger charge is -2.19. The molecular formula is C20H25NO2. The largest absolute Gasteiger partial charge is 0.491 e. The second-order valence-electron chi connectivity index (χ2n) is 6.07. The summed E-state index contributed by atoms with van der Waals surface area (Å²) in [4.78, 5) is 0. The van der Waals surface area contributed by atoms with E-state index in [1.165, 1.54) is 11.1 Å². The van der Waals surface area contributed by atoms with Gasteiger partial charge in [0, 0.05) is 24.8 Å².